The molecule has 1 atom stereocenters. The molecular weight excluding hydrogens is 352 g/mol. The summed E-state index contributed by atoms with van der Waals surface area (Å²) in [7, 11) is 1.64. The Morgan fingerprint density at radius 1 is 1.11 bits per heavy atom. The largest absolute Gasteiger partial charge is 0.497 e. The summed E-state index contributed by atoms with van der Waals surface area (Å²) in [5.74, 6) is 0.891. The van der Waals surface area contributed by atoms with Crippen molar-refractivity contribution >= 4 is 17.5 Å². The van der Waals surface area contributed by atoms with E-state index in [1.807, 2.05) is 47.4 Å². The first-order valence-electron chi connectivity index (χ1n) is 9.78. The second-order valence-electron chi connectivity index (χ2n) is 7.30. The van der Waals surface area contributed by atoms with E-state index in [1.165, 1.54) is 5.56 Å². The molecule has 0 aromatic heterocycles. The molecule has 0 bridgehead atoms. The Bertz CT molecular complexity index is 832. The van der Waals surface area contributed by atoms with E-state index in [1.54, 1.807) is 18.9 Å². The van der Waals surface area contributed by atoms with Gasteiger partial charge in [-0.25, -0.2) is 0 Å². The smallest absolute Gasteiger partial charge is 0.229 e. The van der Waals surface area contributed by atoms with Gasteiger partial charge in [0.05, 0.1) is 7.11 Å². The molecule has 3 rings (SSSR count). The zero-order valence-corrected chi connectivity index (χ0v) is 16.9. The number of para-hydroxylation sites is 1. The fourth-order valence-corrected chi connectivity index (χ4v) is 3.78. The van der Waals surface area contributed by atoms with E-state index >= 15 is 0 Å². The summed E-state index contributed by atoms with van der Waals surface area (Å²) in [6.45, 7) is 4.67. The minimum atomic E-state index is -0.00353. The van der Waals surface area contributed by atoms with Crippen molar-refractivity contribution < 1.29 is 14.3 Å². The van der Waals surface area contributed by atoms with E-state index in [9.17, 15) is 9.59 Å². The highest BCUT2D eigenvalue weighted by atomic mass is 16.5. The van der Waals surface area contributed by atoms with Crippen LogP contribution in [0.4, 0.5) is 5.69 Å². The molecule has 0 saturated carbocycles. The van der Waals surface area contributed by atoms with Gasteiger partial charge in [0.1, 0.15) is 5.75 Å². The van der Waals surface area contributed by atoms with Crippen LogP contribution < -0.4 is 9.64 Å². The summed E-state index contributed by atoms with van der Waals surface area (Å²) in [5.41, 5.74) is 3.36. The van der Waals surface area contributed by atoms with Crippen molar-refractivity contribution in [3.05, 3.63) is 59.7 Å². The lowest BCUT2D eigenvalue weighted by molar-refractivity contribution is -0.129. The number of carbonyl (C=O) groups excluding carboxylic acids is 2. The van der Waals surface area contributed by atoms with Gasteiger partial charge in [-0.3, -0.25) is 9.59 Å². The minimum absolute atomic E-state index is 0.00353. The van der Waals surface area contributed by atoms with Crippen molar-refractivity contribution in [2.45, 2.75) is 39.2 Å². The first kappa shape index (κ1) is 19.9. The summed E-state index contributed by atoms with van der Waals surface area (Å²) in [4.78, 5) is 28.6. The molecule has 2 aromatic rings. The van der Waals surface area contributed by atoms with Gasteiger partial charge in [-0.15, -0.1) is 0 Å². The lowest BCUT2D eigenvalue weighted by Gasteiger charge is -2.25. The zero-order valence-electron chi connectivity index (χ0n) is 16.9. The van der Waals surface area contributed by atoms with Crippen LogP contribution in [0.2, 0.25) is 0 Å². The van der Waals surface area contributed by atoms with Crippen LogP contribution in [-0.4, -0.2) is 43.0 Å². The molecule has 0 fully saturated rings. The molecule has 1 aliphatic heterocycles. The maximum Gasteiger partial charge on any atom is 0.229 e. The first-order chi connectivity index (χ1) is 13.5. The quantitative estimate of drug-likeness (QED) is 0.739. The Morgan fingerprint density at radius 2 is 1.82 bits per heavy atom. The molecule has 2 aromatic carbocycles. The Morgan fingerprint density at radius 3 is 2.50 bits per heavy atom. The number of rotatable bonds is 7. The number of carbonyl (C=O) groups is 2. The number of fused-ring (bicyclic) bond motifs is 1. The average molecular weight is 380 g/mol. The third-order valence-corrected chi connectivity index (χ3v) is 5.35. The third kappa shape index (κ3) is 4.53. The molecule has 5 heteroatoms. The maximum absolute atomic E-state index is 12.9. The van der Waals surface area contributed by atoms with Crippen LogP contribution in [0.25, 0.3) is 0 Å². The van der Waals surface area contributed by atoms with Crippen LogP contribution >= 0.6 is 0 Å². The molecule has 0 saturated heterocycles. The summed E-state index contributed by atoms with van der Waals surface area (Å²) in [6, 6.07) is 16.1. The van der Waals surface area contributed by atoms with E-state index in [2.05, 4.69) is 13.0 Å². The third-order valence-electron chi connectivity index (χ3n) is 5.35. The lowest BCUT2D eigenvalue weighted by Crippen LogP contribution is -2.39. The molecule has 2 amide bonds. The SMILES string of the molecule is COc1ccc(CCN(CCC(=O)N2c3ccccc3CC2C)C(C)=O)cc1. The van der Waals surface area contributed by atoms with Crippen LogP contribution in [0.5, 0.6) is 5.75 Å². The number of nitrogens with zero attached hydrogens (tertiary/aromatic N) is 2. The standard InChI is InChI=1S/C23H28N2O3/c1-17-16-20-6-4-5-7-22(20)25(17)23(27)13-15-24(18(2)26)14-12-19-8-10-21(28-3)11-9-19/h4-11,17H,12-16H2,1-3H3. The summed E-state index contributed by atoms with van der Waals surface area (Å²) in [5, 5.41) is 0. The van der Waals surface area contributed by atoms with Gasteiger partial charge in [-0.1, -0.05) is 30.3 Å². The topological polar surface area (TPSA) is 49.9 Å². The number of hydrogen-bond acceptors (Lipinski definition) is 3. The molecule has 148 valence electrons. The van der Waals surface area contributed by atoms with E-state index in [4.69, 9.17) is 4.74 Å². The number of benzene rings is 2. The van der Waals surface area contributed by atoms with Crippen molar-refractivity contribution in [3.63, 3.8) is 0 Å². The van der Waals surface area contributed by atoms with Gasteiger partial charge in [-0.2, -0.15) is 0 Å². The number of methoxy groups -OCH3 is 1. The van der Waals surface area contributed by atoms with Gasteiger partial charge in [-0.05, 0) is 49.1 Å². The van der Waals surface area contributed by atoms with Crippen LogP contribution in [0.1, 0.15) is 31.4 Å². The summed E-state index contributed by atoms with van der Waals surface area (Å²) in [6.07, 6.45) is 1.97. The molecule has 1 heterocycles. The number of ether oxygens (including phenoxy) is 1. The van der Waals surface area contributed by atoms with Crippen LogP contribution in [-0.2, 0) is 22.4 Å². The first-order valence-corrected chi connectivity index (χ1v) is 9.78. The van der Waals surface area contributed by atoms with E-state index < -0.39 is 0 Å². The average Bonchev–Trinajstić information content (AvgIpc) is 3.03. The van der Waals surface area contributed by atoms with Crippen molar-refractivity contribution in [3.8, 4) is 5.75 Å². The van der Waals surface area contributed by atoms with Crippen molar-refractivity contribution in [2.75, 3.05) is 25.1 Å². The highest BCUT2D eigenvalue weighted by Gasteiger charge is 2.30. The van der Waals surface area contributed by atoms with Crippen molar-refractivity contribution in [1.29, 1.82) is 0 Å². The van der Waals surface area contributed by atoms with Gasteiger partial charge in [0.2, 0.25) is 11.8 Å². The number of amides is 2. The Labute approximate surface area is 166 Å². The number of anilines is 1. The second kappa shape index (κ2) is 8.91. The molecule has 5 nitrogen and oxygen atoms in total. The van der Waals surface area contributed by atoms with Gasteiger partial charge < -0.3 is 14.5 Å². The fraction of sp³-hybridized carbons (Fsp3) is 0.391. The Kier molecular flexibility index (Phi) is 6.34. The molecule has 1 unspecified atom stereocenters. The summed E-state index contributed by atoms with van der Waals surface area (Å²) < 4.78 is 5.17. The monoisotopic (exact) mass is 380 g/mol. The molecule has 1 aliphatic rings. The van der Waals surface area contributed by atoms with Crippen LogP contribution in [0.15, 0.2) is 48.5 Å². The fourth-order valence-electron chi connectivity index (χ4n) is 3.78. The van der Waals surface area contributed by atoms with Crippen LogP contribution in [0.3, 0.4) is 0 Å². The van der Waals surface area contributed by atoms with E-state index in [0.29, 0.717) is 19.5 Å². The highest BCUT2D eigenvalue weighted by Crippen LogP contribution is 2.32. The Hall–Kier alpha value is -2.82. The number of hydrogen-bond donors (Lipinski definition) is 0. The van der Waals surface area contributed by atoms with Gasteiger partial charge in [0.25, 0.3) is 0 Å². The van der Waals surface area contributed by atoms with Gasteiger partial charge in [0.15, 0.2) is 0 Å². The molecule has 0 spiro atoms. The van der Waals surface area contributed by atoms with Gasteiger partial charge >= 0.3 is 0 Å². The molecular formula is C23H28N2O3. The molecule has 0 N–H and O–H groups in total. The molecule has 0 aliphatic carbocycles. The predicted molar refractivity (Wildman–Crippen MR) is 111 cm³/mol. The second-order valence-corrected chi connectivity index (χ2v) is 7.30. The van der Waals surface area contributed by atoms with E-state index in [0.717, 1.165) is 29.8 Å². The van der Waals surface area contributed by atoms with E-state index in [-0.39, 0.29) is 17.9 Å². The summed E-state index contributed by atoms with van der Waals surface area (Å²) >= 11 is 0. The molecule has 0 radical (unpaired) electrons. The maximum atomic E-state index is 12.9. The Balaban J connectivity index is 1.57. The lowest BCUT2D eigenvalue weighted by atomic mass is 10.1. The highest BCUT2D eigenvalue weighted by molar-refractivity contribution is 5.96. The van der Waals surface area contributed by atoms with Crippen LogP contribution in [0, 0.1) is 0 Å². The predicted octanol–water partition coefficient (Wildman–Crippen LogP) is 3.45. The normalized spacial score (nSPS) is 15.2. The molecule has 28 heavy (non-hydrogen) atoms. The van der Waals surface area contributed by atoms with Gasteiger partial charge in [0, 0.05) is 38.2 Å². The van der Waals surface area contributed by atoms with Crippen molar-refractivity contribution in [1.82, 2.24) is 4.90 Å². The minimum Gasteiger partial charge on any atom is -0.497 e. The zero-order chi connectivity index (χ0) is 20.1. The van der Waals surface area contributed by atoms with Crippen molar-refractivity contribution in [2.24, 2.45) is 0 Å².